The minimum atomic E-state index is 0.677. The van der Waals surface area contributed by atoms with Crippen molar-refractivity contribution < 1.29 is 13.7 Å². The Morgan fingerprint density at radius 2 is 1.25 bits per heavy atom. The van der Waals surface area contributed by atoms with Crippen LogP contribution in [0.3, 0.4) is 0 Å². The van der Waals surface area contributed by atoms with Crippen molar-refractivity contribution in [2.75, 3.05) is 4.90 Å². The van der Waals surface area contributed by atoms with Crippen molar-refractivity contribution in [1.29, 1.82) is 0 Å². The number of fused-ring (bicyclic) bond motifs is 4. The Bertz CT molecular complexity index is 2120. The summed E-state index contributed by atoms with van der Waals surface area (Å²) in [5.74, 6) is 2.21. The maximum absolute atomic E-state index is 7.00. The SMILES string of the molecule is Cc1cc(C)c2c3c(oc2c1-c1cccc[n+]1C)N(c1cc(-c2ccccc2)cc(-c2ccccc2)c1)c1ccccc1O3. The summed E-state index contributed by atoms with van der Waals surface area (Å²) in [6.07, 6.45) is 2.07. The van der Waals surface area contributed by atoms with E-state index in [0.29, 0.717) is 5.88 Å². The maximum Gasteiger partial charge on any atom is 0.249 e. The third-order valence-corrected chi connectivity index (χ3v) is 8.52. The van der Waals surface area contributed by atoms with Crippen LogP contribution in [0, 0.1) is 13.8 Å². The fourth-order valence-electron chi connectivity index (χ4n) is 6.47. The molecule has 5 aromatic carbocycles. The van der Waals surface area contributed by atoms with Gasteiger partial charge in [0.05, 0.1) is 22.3 Å². The number of anilines is 3. The third kappa shape index (κ3) is 4.18. The molecule has 1 aliphatic rings. The average Bonchev–Trinajstić information content (AvgIpc) is 3.44. The number of benzene rings is 5. The lowest BCUT2D eigenvalue weighted by Gasteiger charge is -2.30. The van der Waals surface area contributed by atoms with E-state index < -0.39 is 0 Å². The van der Waals surface area contributed by atoms with Crippen molar-refractivity contribution in [2.24, 2.45) is 7.05 Å². The van der Waals surface area contributed by atoms with Crippen LogP contribution in [0.15, 0.2) is 138 Å². The molecule has 0 radical (unpaired) electrons. The highest BCUT2D eigenvalue weighted by Gasteiger charge is 2.34. The molecule has 0 aliphatic carbocycles. The molecular weight excluding hydrogens is 540 g/mol. The molecule has 0 bridgehead atoms. The zero-order valence-electron chi connectivity index (χ0n) is 24.9. The highest BCUT2D eigenvalue weighted by Crippen LogP contribution is 2.56. The van der Waals surface area contributed by atoms with Crippen LogP contribution in [-0.2, 0) is 7.05 Å². The maximum atomic E-state index is 7.00. The van der Waals surface area contributed by atoms with Crippen LogP contribution in [0.2, 0.25) is 0 Å². The molecule has 8 rings (SSSR count). The van der Waals surface area contributed by atoms with Crippen LogP contribution in [-0.4, -0.2) is 0 Å². The van der Waals surface area contributed by atoms with E-state index in [1.165, 1.54) is 0 Å². The molecule has 0 N–H and O–H groups in total. The summed E-state index contributed by atoms with van der Waals surface area (Å²) in [7, 11) is 2.07. The Hall–Kier alpha value is -5.61. The highest BCUT2D eigenvalue weighted by molar-refractivity contribution is 6.04. The molecule has 2 aromatic heterocycles. The van der Waals surface area contributed by atoms with Crippen LogP contribution >= 0.6 is 0 Å². The number of furan rings is 1. The van der Waals surface area contributed by atoms with Gasteiger partial charge in [-0.25, -0.2) is 4.57 Å². The van der Waals surface area contributed by atoms with E-state index >= 15 is 0 Å². The van der Waals surface area contributed by atoms with Gasteiger partial charge in [-0.3, -0.25) is 4.90 Å². The van der Waals surface area contributed by atoms with Gasteiger partial charge < -0.3 is 9.15 Å². The number of hydrogen-bond acceptors (Lipinski definition) is 3. The average molecular weight is 572 g/mol. The number of nitrogens with zero attached hydrogens (tertiary/aromatic N) is 2. The first kappa shape index (κ1) is 26.1. The minimum Gasteiger partial charge on any atom is -0.449 e. The number of aryl methyl sites for hydroxylation is 3. The van der Waals surface area contributed by atoms with E-state index in [2.05, 4.69) is 140 Å². The van der Waals surface area contributed by atoms with Gasteiger partial charge in [0.1, 0.15) is 7.05 Å². The number of para-hydroxylation sites is 2. The molecule has 4 heteroatoms. The Kier molecular flexibility index (Phi) is 6.09. The van der Waals surface area contributed by atoms with Crippen LogP contribution in [0.1, 0.15) is 11.1 Å². The van der Waals surface area contributed by atoms with Crippen LogP contribution in [0.5, 0.6) is 11.5 Å². The Morgan fingerprint density at radius 1 is 0.614 bits per heavy atom. The van der Waals surface area contributed by atoms with E-state index in [9.17, 15) is 0 Å². The summed E-state index contributed by atoms with van der Waals surface area (Å²) < 4.78 is 15.8. The minimum absolute atomic E-state index is 0.677. The van der Waals surface area contributed by atoms with Crippen molar-refractivity contribution in [2.45, 2.75) is 13.8 Å². The van der Waals surface area contributed by atoms with Crippen molar-refractivity contribution in [3.8, 4) is 45.0 Å². The Labute approximate surface area is 257 Å². The number of rotatable bonds is 4. The molecule has 4 nitrogen and oxygen atoms in total. The van der Waals surface area contributed by atoms with E-state index in [4.69, 9.17) is 9.15 Å². The van der Waals surface area contributed by atoms with Gasteiger partial charge in [-0.05, 0) is 83.6 Å². The lowest BCUT2D eigenvalue weighted by atomic mass is 9.97. The lowest BCUT2D eigenvalue weighted by Crippen LogP contribution is -2.30. The molecule has 0 fully saturated rings. The van der Waals surface area contributed by atoms with Crippen LogP contribution in [0.4, 0.5) is 17.3 Å². The summed E-state index contributed by atoms with van der Waals surface area (Å²) >= 11 is 0. The molecule has 0 atom stereocenters. The number of aromatic nitrogens is 1. The highest BCUT2D eigenvalue weighted by atomic mass is 16.5. The summed E-state index contributed by atoms with van der Waals surface area (Å²) in [5, 5.41) is 0.992. The Morgan fingerprint density at radius 3 is 1.93 bits per heavy atom. The van der Waals surface area contributed by atoms with Gasteiger partial charge in [0, 0.05) is 12.1 Å². The number of pyridine rings is 1. The molecule has 1 aliphatic heterocycles. The van der Waals surface area contributed by atoms with E-state index in [1.807, 2.05) is 24.3 Å². The van der Waals surface area contributed by atoms with Crippen LogP contribution < -0.4 is 14.2 Å². The van der Waals surface area contributed by atoms with E-state index in [1.54, 1.807) is 0 Å². The predicted molar refractivity (Wildman–Crippen MR) is 178 cm³/mol. The summed E-state index contributed by atoms with van der Waals surface area (Å²) in [6, 6.07) is 44.5. The largest absolute Gasteiger partial charge is 0.449 e. The molecule has 0 unspecified atom stereocenters. The predicted octanol–water partition coefficient (Wildman–Crippen LogP) is 10.5. The summed E-state index contributed by atoms with van der Waals surface area (Å²) in [4.78, 5) is 2.22. The molecule has 44 heavy (non-hydrogen) atoms. The third-order valence-electron chi connectivity index (χ3n) is 8.52. The van der Waals surface area contributed by atoms with Crippen molar-refractivity contribution in [3.05, 3.63) is 145 Å². The fourth-order valence-corrected chi connectivity index (χ4v) is 6.47. The molecule has 0 saturated carbocycles. The standard InChI is InChI=1S/C40H31N2O2/c1-26-22-27(2)37-38(36(26)34-19-12-13-21-41(34)3)44-40-39(37)43-35-20-11-10-18-33(35)42(40)32-24-30(28-14-6-4-7-15-28)23-31(25-32)29-16-8-5-9-17-29/h4-25H,1-3H3/q+1. The van der Waals surface area contributed by atoms with Gasteiger partial charge in [-0.2, -0.15) is 0 Å². The lowest BCUT2D eigenvalue weighted by molar-refractivity contribution is -0.660. The van der Waals surface area contributed by atoms with E-state index in [-0.39, 0.29) is 0 Å². The quantitative estimate of drug-likeness (QED) is 0.197. The summed E-state index contributed by atoms with van der Waals surface area (Å²) in [5.41, 5.74) is 11.8. The van der Waals surface area contributed by atoms with Crippen LogP contribution in [0.25, 0.3) is 44.5 Å². The number of hydrogen-bond donors (Lipinski definition) is 0. The van der Waals surface area contributed by atoms with Gasteiger partial charge in [-0.1, -0.05) is 78.9 Å². The second kappa shape index (κ2) is 10.3. The molecule has 3 heterocycles. The molecule has 212 valence electrons. The monoisotopic (exact) mass is 571 g/mol. The summed E-state index contributed by atoms with van der Waals surface area (Å²) in [6.45, 7) is 4.29. The molecular formula is C40H31N2O2+. The first-order chi connectivity index (χ1) is 21.6. The molecule has 0 saturated heterocycles. The van der Waals surface area contributed by atoms with Crippen molar-refractivity contribution in [1.82, 2.24) is 0 Å². The fraction of sp³-hybridized carbons (Fsp3) is 0.0750. The van der Waals surface area contributed by atoms with E-state index in [0.717, 1.165) is 78.5 Å². The zero-order valence-corrected chi connectivity index (χ0v) is 24.9. The zero-order chi connectivity index (χ0) is 29.8. The van der Waals surface area contributed by atoms with Gasteiger partial charge in [0.2, 0.25) is 11.6 Å². The second-order valence-electron chi connectivity index (χ2n) is 11.4. The van der Waals surface area contributed by atoms with Crippen molar-refractivity contribution >= 4 is 28.2 Å². The first-order valence-electron chi connectivity index (χ1n) is 14.9. The second-order valence-corrected chi connectivity index (χ2v) is 11.4. The Balaban J connectivity index is 1.43. The first-order valence-corrected chi connectivity index (χ1v) is 14.9. The molecule has 7 aromatic rings. The van der Waals surface area contributed by atoms with Gasteiger partial charge in [0.15, 0.2) is 23.3 Å². The number of ether oxygens (including phenoxy) is 1. The molecule has 0 spiro atoms. The van der Waals surface area contributed by atoms with Gasteiger partial charge >= 0.3 is 0 Å². The van der Waals surface area contributed by atoms with Gasteiger partial charge in [-0.15, -0.1) is 0 Å². The smallest absolute Gasteiger partial charge is 0.249 e. The van der Waals surface area contributed by atoms with Gasteiger partial charge in [0.25, 0.3) is 0 Å². The molecule has 0 amide bonds. The van der Waals surface area contributed by atoms with Crippen molar-refractivity contribution in [3.63, 3.8) is 0 Å². The topological polar surface area (TPSA) is 29.5 Å². The normalized spacial score (nSPS) is 12.1.